The first-order valence-corrected chi connectivity index (χ1v) is 8.54. The second-order valence-corrected chi connectivity index (χ2v) is 7.41. The molecule has 0 aliphatic carbocycles. The highest BCUT2D eigenvalue weighted by atomic mass is 35.5. The summed E-state index contributed by atoms with van der Waals surface area (Å²) in [6.07, 6.45) is 3.01. The molecule has 4 heteroatoms. The van der Waals surface area contributed by atoms with E-state index in [1.54, 1.807) is 0 Å². The van der Waals surface area contributed by atoms with Gasteiger partial charge in [0.15, 0.2) is 0 Å². The number of amides is 1. The number of carbonyl (C=O) groups excluding carboxylic acids is 1. The normalized spacial score (nSPS) is 20.5. The average Bonchev–Trinajstić information content (AvgIpc) is 2.47. The Morgan fingerprint density at radius 1 is 1.50 bits per heavy atom. The Kier molecular flexibility index (Phi) is 5.87. The lowest BCUT2D eigenvalue weighted by Crippen LogP contribution is -2.42. The van der Waals surface area contributed by atoms with Crippen molar-refractivity contribution in [3.63, 3.8) is 0 Å². The summed E-state index contributed by atoms with van der Waals surface area (Å²) in [5.74, 6) is 1.12. The molecule has 1 heterocycles. The van der Waals surface area contributed by atoms with Crippen molar-refractivity contribution in [2.75, 3.05) is 13.1 Å². The third-order valence-electron chi connectivity index (χ3n) is 4.65. The Labute approximate surface area is 138 Å². The molecule has 3 nitrogen and oxygen atoms in total. The molecule has 1 aromatic carbocycles. The molecule has 122 valence electrons. The molecule has 0 bridgehead atoms. The van der Waals surface area contributed by atoms with Crippen molar-refractivity contribution in [1.82, 2.24) is 10.6 Å². The van der Waals surface area contributed by atoms with E-state index >= 15 is 0 Å². The highest BCUT2D eigenvalue weighted by molar-refractivity contribution is 6.30. The first kappa shape index (κ1) is 17.3. The predicted molar refractivity (Wildman–Crippen MR) is 92.0 cm³/mol. The summed E-state index contributed by atoms with van der Waals surface area (Å²) in [5.41, 5.74) is 0.618. The summed E-state index contributed by atoms with van der Waals surface area (Å²) in [6, 6.07) is 7.68. The Morgan fingerprint density at radius 2 is 2.27 bits per heavy atom. The monoisotopic (exact) mass is 322 g/mol. The zero-order chi connectivity index (χ0) is 16.2. The standard InChI is InChI=1S/C18H27ClN2O/c1-13(14-6-5-9-20-12-14)10-17(22)21-18(2,3)15-7-4-8-16(19)11-15/h4,7-8,11,13-14,20H,5-6,9-10,12H2,1-3H3,(H,21,22). The number of carbonyl (C=O) groups is 1. The molecular formula is C18H27ClN2O. The van der Waals surface area contributed by atoms with Crippen molar-refractivity contribution in [3.8, 4) is 0 Å². The number of hydrogen-bond donors (Lipinski definition) is 2. The molecule has 1 aliphatic heterocycles. The molecule has 1 aliphatic rings. The van der Waals surface area contributed by atoms with Crippen molar-refractivity contribution in [1.29, 1.82) is 0 Å². The first-order valence-electron chi connectivity index (χ1n) is 8.16. The lowest BCUT2D eigenvalue weighted by Gasteiger charge is -2.31. The fourth-order valence-electron chi connectivity index (χ4n) is 3.17. The van der Waals surface area contributed by atoms with Crippen molar-refractivity contribution >= 4 is 17.5 Å². The van der Waals surface area contributed by atoms with E-state index in [2.05, 4.69) is 17.6 Å². The van der Waals surface area contributed by atoms with E-state index in [1.165, 1.54) is 12.8 Å². The second kappa shape index (κ2) is 7.47. The van der Waals surface area contributed by atoms with Gasteiger partial charge in [-0.3, -0.25) is 4.79 Å². The van der Waals surface area contributed by atoms with E-state index in [9.17, 15) is 4.79 Å². The van der Waals surface area contributed by atoms with Crippen LogP contribution in [-0.2, 0) is 10.3 Å². The Balaban J connectivity index is 1.92. The topological polar surface area (TPSA) is 41.1 Å². The number of hydrogen-bond acceptors (Lipinski definition) is 2. The van der Waals surface area contributed by atoms with Crippen LogP contribution in [0, 0.1) is 11.8 Å². The van der Waals surface area contributed by atoms with Gasteiger partial charge in [-0.05, 0) is 69.3 Å². The van der Waals surface area contributed by atoms with Crippen LogP contribution in [0.3, 0.4) is 0 Å². The fourth-order valence-corrected chi connectivity index (χ4v) is 3.36. The summed E-state index contributed by atoms with van der Waals surface area (Å²) in [5, 5.41) is 7.27. The molecule has 2 rings (SSSR count). The van der Waals surface area contributed by atoms with Gasteiger partial charge in [0.25, 0.3) is 0 Å². The van der Waals surface area contributed by atoms with E-state index in [0.29, 0.717) is 23.3 Å². The van der Waals surface area contributed by atoms with Gasteiger partial charge in [-0.15, -0.1) is 0 Å². The summed E-state index contributed by atoms with van der Waals surface area (Å²) >= 11 is 6.05. The summed E-state index contributed by atoms with van der Waals surface area (Å²) in [4.78, 5) is 12.4. The van der Waals surface area contributed by atoms with E-state index < -0.39 is 5.54 Å². The molecule has 1 fully saturated rings. The third kappa shape index (κ3) is 4.72. The number of benzene rings is 1. The minimum Gasteiger partial charge on any atom is -0.347 e. The maximum atomic E-state index is 12.4. The van der Waals surface area contributed by atoms with Crippen molar-refractivity contribution in [2.45, 2.75) is 45.6 Å². The maximum absolute atomic E-state index is 12.4. The van der Waals surface area contributed by atoms with Crippen molar-refractivity contribution in [2.24, 2.45) is 11.8 Å². The quantitative estimate of drug-likeness (QED) is 0.867. The Morgan fingerprint density at radius 3 is 2.91 bits per heavy atom. The van der Waals surface area contributed by atoms with Crippen LogP contribution in [0.5, 0.6) is 0 Å². The minimum absolute atomic E-state index is 0.114. The summed E-state index contributed by atoms with van der Waals surface area (Å²) < 4.78 is 0. The van der Waals surface area contributed by atoms with Crippen LogP contribution >= 0.6 is 11.6 Å². The molecule has 2 N–H and O–H groups in total. The molecule has 0 saturated carbocycles. The number of nitrogens with one attached hydrogen (secondary N) is 2. The molecule has 2 atom stereocenters. The van der Waals surface area contributed by atoms with Gasteiger partial charge in [-0.25, -0.2) is 0 Å². The fraction of sp³-hybridized carbons (Fsp3) is 0.611. The van der Waals surface area contributed by atoms with Crippen LogP contribution in [0.15, 0.2) is 24.3 Å². The van der Waals surface area contributed by atoms with E-state index in [1.807, 2.05) is 38.1 Å². The smallest absolute Gasteiger partial charge is 0.220 e. The van der Waals surface area contributed by atoms with Crippen molar-refractivity contribution in [3.05, 3.63) is 34.9 Å². The molecule has 22 heavy (non-hydrogen) atoms. The predicted octanol–water partition coefficient (Wildman–Crippen LogP) is 3.72. The maximum Gasteiger partial charge on any atom is 0.220 e. The van der Waals surface area contributed by atoms with Gasteiger partial charge in [-0.2, -0.15) is 0 Å². The molecule has 1 saturated heterocycles. The highest BCUT2D eigenvalue weighted by Crippen LogP contribution is 2.25. The zero-order valence-corrected chi connectivity index (χ0v) is 14.5. The Bertz CT molecular complexity index is 510. The lowest BCUT2D eigenvalue weighted by atomic mass is 9.85. The van der Waals surface area contributed by atoms with Crippen LogP contribution in [0.4, 0.5) is 0 Å². The largest absolute Gasteiger partial charge is 0.347 e. The second-order valence-electron chi connectivity index (χ2n) is 6.97. The molecular weight excluding hydrogens is 296 g/mol. The van der Waals surface area contributed by atoms with Gasteiger partial charge in [0.2, 0.25) is 5.91 Å². The van der Waals surface area contributed by atoms with Gasteiger partial charge < -0.3 is 10.6 Å². The van der Waals surface area contributed by atoms with E-state index in [0.717, 1.165) is 18.7 Å². The molecule has 1 amide bonds. The average molecular weight is 323 g/mol. The molecule has 0 aromatic heterocycles. The van der Waals surface area contributed by atoms with Gasteiger partial charge in [0, 0.05) is 11.4 Å². The minimum atomic E-state index is -0.410. The van der Waals surface area contributed by atoms with Gasteiger partial charge in [0.05, 0.1) is 5.54 Å². The van der Waals surface area contributed by atoms with Crippen LogP contribution in [-0.4, -0.2) is 19.0 Å². The van der Waals surface area contributed by atoms with Gasteiger partial charge >= 0.3 is 0 Å². The van der Waals surface area contributed by atoms with E-state index in [-0.39, 0.29) is 5.91 Å². The highest BCUT2D eigenvalue weighted by Gasteiger charge is 2.26. The number of halogens is 1. The summed E-state index contributed by atoms with van der Waals surface area (Å²) in [6.45, 7) is 8.36. The SMILES string of the molecule is CC(CC(=O)NC(C)(C)c1cccc(Cl)c1)C1CCCNC1. The number of piperidine rings is 1. The first-order chi connectivity index (χ1) is 10.4. The van der Waals surface area contributed by atoms with Crippen LogP contribution in [0.2, 0.25) is 5.02 Å². The van der Waals surface area contributed by atoms with E-state index in [4.69, 9.17) is 11.6 Å². The van der Waals surface area contributed by atoms with Gasteiger partial charge in [0.1, 0.15) is 0 Å². The molecule has 2 unspecified atom stereocenters. The third-order valence-corrected chi connectivity index (χ3v) is 4.88. The molecule has 0 spiro atoms. The Hall–Kier alpha value is -1.06. The van der Waals surface area contributed by atoms with Crippen LogP contribution in [0.1, 0.15) is 45.6 Å². The van der Waals surface area contributed by atoms with Crippen molar-refractivity contribution < 1.29 is 4.79 Å². The lowest BCUT2D eigenvalue weighted by molar-refractivity contribution is -0.124. The van der Waals surface area contributed by atoms with Gasteiger partial charge in [-0.1, -0.05) is 30.7 Å². The molecule has 0 radical (unpaired) electrons. The van der Waals surface area contributed by atoms with Crippen LogP contribution < -0.4 is 10.6 Å². The molecule has 1 aromatic rings. The number of rotatable bonds is 5. The summed E-state index contributed by atoms with van der Waals surface area (Å²) in [7, 11) is 0. The zero-order valence-electron chi connectivity index (χ0n) is 13.8. The van der Waals surface area contributed by atoms with Crippen LogP contribution in [0.25, 0.3) is 0 Å².